The molecule has 1 atom stereocenters. The van der Waals surface area contributed by atoms with Crippen molar-refractivity contribution in [2.75, 3.05) is 13.9 Å². The van der Waals surface area contributed by atoms with Gasteiger partial charge in [0.2, 0.25) is 0 Å². The zero-order chi connectivity index (χ0) is 22.1. The Hall–Kier alpha value is -2.48. The summed E-state index contributed by atoms with van der Waals surface area (Å²) in [6.07, 6.45) is 7.78. The van der Waals surface area contributed by atoms with E-state index in [0.29, 0.717) is 0 Å². The van der Waals surface area contributed by atoms with Crippen molar-refractivity contribution in [3.05, 3.63) is 59.2 Å². The van der Waals surface area contributed by atoms with Gasteiger partial charge in [-0.1, -0.05) is 17.9 Å². The molecule has 1 N–H and O–H groups in total. The van der Waals surface area contributed by atoms with Crippen LogP contribution in [0, 0.1) is 29.6 Å². The average Bonchev–Trinajstić information content (AvgIpc) is 2.77. The smallest absolute Gasteiger partial charge is 0.191 e. The van der Waals surface area contributed by atoms with Gasteiger partial charge in [0.15, 0.2) is 13.1 Å². The molecule has 6 rings (SSSR count). The Kier molecular flexibility index (Phi) is 5.88. The van der Waals surface area contributed by atoms with Crippen molar-refractivity contribution < 1.29 is 19.3 Å². The zero-order valence-corrected chi connectivity index (χ0v) is 19.0. The van der Waals surface area contributed by atoms with Crippen LogP contribution in [0.4, 0.5) is 0 Å². The predicted octanol–water partition coefficient (Wildman–Crippen LogP) is 5.61. The van der Waals surface area contributed by atoms with Crippen LogP contribution >= 0.6 is 0 Å². The largest absolute Gasteiger partial charge is 0.508 e. The topological polar surface area (TPSA) is 47.9 Å². The van der Waals surface area contributed by atoms with Gasteiger partial charge in [0, 0.05) is 23.8 Å². The molecule has 1 unspecified atom stereocenters. The van der Waals surface area contributed by atoms with E-state index in [1.54, 1.807) is 19.2 Å². The summed E-state index contributed by atoms with van der Waals surface area (Å²) in [5.74, 6) is 10.2. The van der Waals surface area contributed by atoms with Crippen LogP contribution in [0.3, 0.4) is 0 Å². The Morgan fingerprint density at radius 2 is 1.53 bits per heavy atom. The third-order valence-electron chi connectivity index (χ3n) is 7.66. The number of phenols is 1. The van der Waals surface area contributed by atoms with E-state index in [4.69, 9.17) is 14.2 Å². The monoisotopic (exact) mass is 432 g/mol. The van der Waals surface area contributed by atoms with Crippen LogP contribution in [0.25, 0.3) is 0 Å². The zero-order valence-electron chi connectivity index (χ0n) is 19.0. The Balaban J connectivity index is 1.44. The van der Waals surface area contributed by atoms with Crippen LogP contribution in [-0.4, -0.2) is 25.3 Å². The lowest BCUT2D eigenvalue weighted by Gasteiger charge is -2.57. The van der Waals surface area contributed by atoms with E-state index in [1.165, 1.54) is 44.1 Å². The van der Waals surface area contributed by atoms with Crippen LogP contribution in [0.2, 0.25) is 0 Å². The fraction of sp³-hybridized carbons (Fsp3) is 0.500. The fourth-order valence-corrected chi connectivity index (χ4v) is 6.55. The van der Waals surface area contributed by atoms with Crippen molar-refractivity contribution in [3.8, 4) is 23.3 Å². The third-order valence-corrected chi connectivity index (χ3v) is 7.66. The van der Waals surface area contributed by atoms with Crippen LogP contribution in [0.1, 0.15) is 62.1 Å². The molecule has 4 bridgehead atoms. The van der Waals surface area contributed by atoms with Gasteiger partial charge < -0.3 is 19.3 Å². The SMILES string of the molecule is COC(C)OCOc1cc(C#Cc2ccc(O)cc2)ccc1C12CC3CC(CC(C3)C1)C2. The number of aromatic hydroxyl groups is 1. The molecule has 4 aliphatic carbocycles. The summed E-state index contributed by atoms with van der Waals surface area (Å²) in [7, 11) is 1.63. The van der Waals surface area contributed by atoms with Crippen molar-refractivity contribution in [3.63, 3.8) is 0 Å². The highest BCUT2D eigenvalue weighted by Gasteiger charge is 2.52. The lowest BCUT2D eigenvalue weighted by atomic mass is 9.48. The second-order valence-electron chi connectivity index (χ2n) is 9.94. The van der Waals surface area contributed by atoms with E-state index in [-0.39, 0.29) is 24.2 Å². The van der Waals surface area contributed by atoms with Gasteiger partial charge in [-0.15, -0.1) is 0 Å². The molecule has 0 radical (unpaired) electrons. The Morgan fingerprint density at radius 3 is 2.16 bits per heavy atom. The summed E-state index contributed by atoms with van der Waals surface area (Å²) < 4.78 is 17.0. The molecule has 4 aliphatic rings. The lowest BCUT2D eigenvalue weighted by molar-refractivity contribution is -0.150. The highest BCUT2D eigenvalue weighted by Crippen LogP contribution is 2.61. The van der Waals surface area contributed by atoms with Crippen molar-refractivity contribution >= 4 is 0 Å². The molecule has 168 valence electrons. The minimum Gasteiger partial charge on any atom is -0.508 e. The number of benzene rings is 2. The minimum absolute atomic E-state index is 0.156. The standard InChI is InChI=1S/C28H32O4/c1-19(30-2)31-18-32-27-14-21(4-3-20-5-8-25(29)9-6-20)7-10-26(27)28-15-22-11-23(16-28)13-24(12-22)17-28/h5-10,14,19,22-24,29H,11-13,15-18H2,1-2H3. The number of phenolic OH excluding ortho intramolecular Hbond substituents is 1. The average molecular weight is 433 g/mol. The van der Waals surface area contributed by atoms with Crippen LogP contribution in [0.15, 0.2) is 42.5 Å². The van der Waals surface area contributed by atoms with Crippen molar-refractivity contribution in [2.24, 2.45) is 17.8 Å². The molecule has 2 aromatic rings. The fourth-order valence-electron chi connectivity index (χ4n) is 6.55. The number of methoxy groups -OCH3 is 1. The summed E-state index contributed by atoms with van der Waals surface area (Å²) in [5, 5.41) is 9.48. The molecule has 4 saturated carbocycles. The molecule has 0 aliphatic heterocycles. The molecule has 4 heteroatoms. The molecule has 0 spiro atoms. The predicted molar refractivity (Wildman–Crippen MR) is 123 cm³/mol. The molecule has 0 aromatic heterocycles. The minimum atomic E-state index is -0.310. The normalized spacial score (nSPS) is 28.8. The molecule has 32 heavy (non-hydrogen) atoms. The molecule has 0 heterocycles. The molecule has 4 nitrogen and oxygen atoms in total. The maximum Gasteiger partial charge on any atom is 0.191 e. The van der Waals surface area contributed by atoms with E-state index >= 15 is 0 Å². The quantitative estimate of drug-likeness (QED) is 0.476. The maximum atomic E-state index is 9.48. The van der Waals surface area contributed by atoms with Gasteiger partial charge in [-0.3, -0.25) is 0 Å². The van der Waals surface area contributed by atoms with E-state index in [2.05, 4.69) is 30.0 Å². The van der Waals surface area contributed by atoms with E-state index in [9.17, 15) is 5.11 Å². The van der Waals surface area contributed by atoms with Gasteiger partial charge in [0.1, 0.15) is 11.5 Å². The summed E-state index contributed by atoms with van der Waals surface area (Å²) in [4.78, 5) is 0. The summed E-state index contributed by atoms with van der Waals surface area (Å²) in [6, 6.07) is 13.4. The van der Waals surface area contributed by atoms with Gasteiger partial charge in [-0.25, -0.2) is 0 Å². The summed E-state index contributed by atoms with van der Waals surface area (Å²) >= 11 is 0. The molecular weight excluding hydrogens is 400 g/mol. The van der Waals surface area contributed by atoms with Gasteiger partial charge in [0.25, 0.3) is 0 Å². The van der Waals surface area contributed by atoms with Gasteiger partial charge >= 0.3 is 0 Å². The number of hydrogen-bond acceptors (Lipinski definition) is 4. The lowest BCUT2D eigenvalue weighted by Crippen LogP contribution is -2.48. The molecular formula is C28H32O4. The molecule has 4 fully saturated rings. The Bertz CT molecular complexity index is 979. The Labute approximate surface area is 190 Å². The van der Waals surface area contributed by atoms with Gasteiger partial charge in [-0.05, 0) is 105 Å². The second kappa shape index (κ2) is 8.81. The highest BCUT2D eigenvalue weighted by atomic mass is 16.7. The molecule has 0 saturated heterocycles. The number of rotatable bonds is 6. The van der Waals surface area contributed by atoms with Crippen LogP contribution in [-0.2, 0) is 14.9 Å². The summed E-state index contributed by atoms with van der Waals surface area (Å²) in [5.41, 5.74) is 3.36. The van der Waals surface area contributed by atoms with Gasteiger partial charge in [0.05, 0.1) is 0 Å². The van der Waals surface area contributed by atoms with Crippen LogP contribution in [0.5, 0.6) is 11.5 Å². The van der Waals surface area contributed by atoms with Crippen molar-refractivity contribution in [1.82, 2.24) is 0 Å². The first-order valence-electron chi connectivity index (χ1n) is 11.8. The second-order valence-corrected chi connectivity index (χ2v) is 9.94. The summed E-state index contributed by atoms with van der Waals surface area (Å²) in [6.45, 7) is 2.02. The third kappa shape index (κ3) is 4.37. The maximum absolute atomic E-state index is 9.48. The molecule has 0 amide bonds. The Morgan fingerprint density at radius 1 is 0.938 bits per heavy atom. The first-order chi connectivity index (χ1) is 15.5. The molecule has 2 aromatic carbocycles. The first kappa shape index (κ1) is 21.4. The van der Waals surface area contributed by atoms with Crippen molar-refractivity contribution in [1.29, 1.82) is 0 Å². The van der Waals surface area contributed by atoms with Gasteiger partial charge in [-0.2, -0.15) is 0 Å². The number of ether oxygens (including phenoxy) is 3. The first-order valence-corrected chi connectivity index (χ1v) is 11.8. The number of hydrogen-bond donors (Lipinski definition) is 1. The van der Waals surface area contributed by atoms with E-state index in [1.807, 2.05) is 19.1 Å². The van der Waals surface area contributed by atoms with E-state index in [0.717, 1.165) is 34.6 Å². The van der Waals surface area contributed by atoms with Crippen LogP contribution < -0.4 is 4.74 Å². The van der Waals surface area contributed by atoms with E-state index < -0.39 is 0 Å². The highest BCUT2D eigenvalue weighted by molar-refractivity contribution is 5.51. The van der Waals surface area contributed by atoms with Crippen molar-refractivity contribution in [2.45, 2.75) is 57.2 Å².